The lowest BCUT2D eigenvalue weighted by Crippen LogP contribution is -2.38. The Kier molecular flexibility index (Phi) is 2.84. The van der Waals surface area contributed by atoms with Gasteiger partial charge in [0.05, 0.1) is 17.8 Å². The Morgan fingerprint density at radius 2 is 1.94 bits per heavy atom. The Morgan fingerprint density at radius 1 is 1.22 bits per heavy atom. The molecule has 0 bridgehead atoms. The highest BCUT2D eigenvalue weighted by Gasteiger charge is 2.34. The topological polar surface area (TPSA) is 33.2 Å². The second kappa shape index (κ2) is 4.38. The molecule has 1 amide bonds. The van der Waals surface area contributed by atoms with E-state index in [-0.39, 0.29) is 5.91 Å². The third-order valence-corrected chi connectivity index (χ3v) is 4.35. The molecule has 0 spiro atoms. The molecule has 96 valence electrons. The van der Waals surface area contributed by atoms with Crippen molar-refractivity contribution in [2.45, 2.75) is 52.1 Å². The number of amides is 1. The summed E-state index contributed by atoms with van der Waals surface area (Å²) in [7, 11) is 0. The molecule has 0 saturated heterocycles. The summed E-state index contributed by atoms with van der Waals surface area (Å²) in [6.07, 6.45) is 4.80. The SMILES string of the molecule is Cc1ccc2c(n1)CN(C1CCC(C)CC1)C2=O. The van der Waals surface area contributed by atoms with Gasteiger partial charge >= 0.3 is 0 Å². The van der Waals surface area contributed by atoms with Crippen molar-refractivity contribution < 1.29 is 4.79 Å². The zero-order valence-corrected chi connectivity index (χ0v) is 11.1. The highest BCUT2D eigenvalue weighted by Crippen LogP contribution is 2.32. The van der Waals surface area contributed by atoms with E-state index in [2.05, 4.69) is 11.9 Å². The Labute approximate surface area is 108 Å². The molecule has 0 unspecified atom stereocenters. The monoisotopic (exact) mass is 244 g/mol. The van der Waals surface area contributed by atoms with Crippen molar-refractivity contribution in [1.82, 2.24) is 9.88 Å². The fourth-order valence-electron chi connectivity index (χ4n) is 3.16. The number of aryl methyl sites for hydroxylation is 1. The average Bonchev–Trinajstić information content (AvgIpc) is 2.67. The predicted octanol–water partition coefficient (Wildman–Crippen LogP) is 2.92. The highest BCUT2D eigenvalue weighted by molar-refractivity contribution is 5.98. The maximum absolute atomic E-state index is 12.4. The van der Waals surface area contributed by atoms with E-state index < -0.39 is 0 Å². The van der Waals surface area contributed by atoms with Crippen molar-refractivity contribution in [3.05, 3.63) is 29.1 Å². The third-order valence-electron chi connectivity index (χ3n) is 4.35. The Bertz CT molecular complexity index is 475. The molecule has 2 aliphatic rings. The molecular weight excluding hydrogens is 224 g/mol. The minimum atomic E-state index is 0.192. The summed E-state index contributed by atoms with van der Waals surface area (Å²) in [4.78, 5) is 18.9. The summed E-state index contributed by atoms with van der Waals surface area (Å²) >= 11 is 0. The van der Waals surface area contributed by atoms with E-state index in [1.54, 1.807) is 0 Å². The molecule has 0 N–H and O–H groups in total. The van der Waals surface area contributed by atoms with Crippen LogP contribution >= 0.6 is 0 Å². The standard InChI is InChI=1S/C15H20N2O/c1-10-3-6-12(7-4-10)17-9-14-13(15(17)18)8-5-11(2)16-14/h5,8,10,12H,3-4,6-7,9H2,1-2H3. The molecule has 1 saturated carbocycles. The number of rotatable bonds is 1. The number of carbonyl (C=O) groups excluding carboxylic acids is 1. The van der Waals surface area contributed by atoms with Crippen LogP contribution in [0.5, 0.6) is 0 Å². The second-order valence-electron chi connectivity index (χ2n) is 5.79. The van der Waals surface area contributed by atoms with Crippen molar-refractivity contribution >= 4 is 5.91 Å². The van der Waals surface area contributed by atoms with Gasteiger partial charge in [0.15, 0.2) is 0 Å². The van der Waals surface area contributed by atoms with Crippen molar-refractivity contribution in [3.8, 4) is 0 Å². The molecule has 1 aromatic rings. The molecule has 0 radical (unpaired) electrons. The van der Waals surface area contributed by atoms with Gasteiger partial charge in [-0.2, -0.15) is 0 Å². The normalized spacial score (nSPS) is 27.4. The van der Waals surface area contributed by atoms with Gasteiger partial charge in [0.25, 0.3) is 5.91 Å². The van der Waals surface area contributed by atoms with E-state index >= 15 is 0 Å². The summed E-state index contributed by atoms with van der Waals surface area (Å²) in [5, 5.41) is 0. The van der Waals surface area contributed by atoms with Crippen LogP contribution in [0.2, 0.25) is 0 Å². The van der Waals surface area contributed by atoms with Crippen LogP contribution in [0, 0.1) is 12.8 Å². The molecule has 0 aromatic carbocycles. The first kappa shape index (κ1) is 11.7. The number of carbonyl (C=O) groups is 1. The molecule has 3 heteroatoms. The molecule has 2 heterocycles. The van der Waals surface area contributed by atoms with E-state index in [0.717, 1.165) is 42.3 Å². The van der Waals surface area contributed by atoms with Gasteiger partial charge in [-0.05, 0) is 50.7 Å². The van der Waals surface area contributed by atoms with Crippen LogP contribution in [0.1, 0.15) is 54.4 Å². The first-order chi connectivity index (χ1) is 8.65. The van der Waals surface area contributed by atoms with E-state index in [1.807, 2.05) is 24.0 Å². The van der Waals surface area contributed by atoms with Crippen molar-refractivity contribution in [2.24, 2.45) is 5.92 Å². The van der Waals surface area contributed by atoms with Crippen LogP contribution in [0.15, 0.2) is 12.1 Å². The van der Waals surface area contributed by atoms with Crippen LogP contribution in [0.25, 0.3) is 0 Å². The van der Waals surface area contributed by atoms with Crippen LogP contribution in [-0.4, -0.2) is 21.8 Å². The molecule has 3 rings (SSSR count). The predicted molar refractivity (Wildman–Crippen MR) is 70.3 cm³/mol. The Hall–Kier alpha value is -1.38. The van der Waals surface area contributed by atoms with Crippen molar-refractivity contribution in [2.75, 3.05) is 0 Å². The maximum atomic E-state index is 12.4. The van der Waals surface area contributed by atoms with Gasteiger partial charge in [-0.15, -0.1) is 0 Å². The first-order valence-electron chi connectivity index (χ1n) is 6.92. The molecule has 1 aliphatic heterocycles. The van der Waals surface area contributed by atoms with Gasteiger partial charge < -0.3 is 4.90 Å². The van der Waals surface area contributed by atoms with E-state index in [4.69, 9.17) is 0 Å². The summed E-state index contributed by atoms with van der Waals surface area (Å²) in [5.74, 6) is 1.01. The van der Waals surface area contributed by atoms with E-state index in [0.29, 0.717) is 6.04 Å². The van der Waals surface area contributed by atoms with Crippen molar-refractivity contribution in [1.29, 1.82) is 0 Å². The molecule has 1 aliphatic carbocycles. The second-order valence-corrected chi connectivity index (χ2v) is 5.79. The lowest BCUT2D eigenvalue weighted by atomic mass is 9.86. The highest BCUT2D eigenvalue weighted by atomic mass is 16.2. The van der Waals surface area contributed by atoms with E-state index in [9.17, 15) is 4.79 Å². The van der Waals surface area contributed by atoms with Crippen LogP contribution in [0.3, 0.4) is 0 Å². The fourth-order valence-corrected chi connectivity index (χ4v) is 3.16. The maximum Gasteiger partial charge on any atom is 0.256 e. The third kappa shape index (κ3) is 1.92. The first-order valence-corrected chi connectivity index (χ1v) is 6.92. The summed E-state index contributed by atoms with van der Waals surface area (Å²) < 4.78 is 0. The average molecular weight is 244 g/mol. The number of nitrogens with zero attached hydrogens (tertiary/aromatic N) is 2. The molecule has 0 atom stereocenters. The minimum Gasteiger partial charge on any atom is -0.330 e. The van der Waals surface area contributed by atoms with Crippen LogP contribution < -0.4 is 0 Å². The zero-order chi connectivity index (χ0) is 12.7. The minimum absolute atomic E-state index is 0.192. The number of aromatic nitrogens is 1. The fraction of sp³-hybridized carbons (Fsp3) is 0.600. The molecule has 18 heavy (non-hydrogen) atoms. The summed E-state index contributed by atoms with van der Waals surface area (Å²) in [6.45, 7) is 5.01. The van der Waals surface area contributed by atoms with Gasteiger partial charge in [-0.3, -0.25) is 9.78 Å². The van der Waals surface area contributed by atoms with Crippen LogP contribution in [-0.2, 0) is 6.54 Å². The Balaban J connectivity index is 1.80. The largest absolute Gasteiger partial charge is 0.330 e. The lowest BCUT2D eigenvalue weighted by Gasteiger charge is -2.33. The van der Waals surface area contributed by atoms with Gasteiger partial charge in [0, 0.05) is 11.7 Å². The van der Waals surface area contributed by atoms with E-state index in [1.165, 1.54) is 12.8 Å². The zero-order valence-electron chi connectivity index (χ0n) is 11.1. The molecule has 1 aromatic heterocycles. The van der Waals surface area contributed by atoms with Gasteiger partial charge in [-0.1, -0.05) is 6.92 Å². The number of hydrogen-bond donors (Lipinski definition) is 0. The molecule has 3 nitrogen and oxygen atoms in total. The summed E-state index contributed by atoms with van der Waals surface area (Å²) in [5.41, 5.74) is 2.79. The quantitative estimate of drug-likeness (QED) is 0.761. The van der Waals surface area contributed by atoms with Crippen LogP contribution in [0.4, 0.5) is 0 Å². The van der Waals surface area contributed by atoms with Gasteiger partial charge in [-0.25, -0.2) is 0 Å². The molecule has 1 fully saturated rings. The molecular formula is C15H20N2O. The van der Waals surface area contributed by atoms with Gasteiger partial charge in [0.1, 0.15) is 0 Å². The number of pyridine rings is 1. The smallest absolute Gasteiger partial charge is 0.256 e. The number of fused-ring (bicyclic) bond motifs is 1. The van der Waals surface area contributed by atoms with Gasteiger partial charge in [0.2, 0.25) is 0 Å². The Morgan fingerprint density at radius 3 is 2.67 bits per heavy atom. The lowest BCUT2D eigenvalue weighted by molar-refractivity contribution is 0.0639. The van der Waals surface area contributed by atoms with Crippen molar-refractivity contribution in [3.63, 3.8) is 0 Å². The summed E-state index contributed by atoms with van der Waals surface area (Å²) in [6, 6.07) is 4.30. The number of hydrogen-bond acceptors (Lipinski definition) is 2.